The van der Waals surface area contributed by atoms with Crippen LogP contribution in [0.25, 0.3) is 11.0 Å². The summed E-state index contributed by atoms with van der Waals surface area (Å²) in [6.07, 6.45) is 1.96. The molecule has 1 saturated carbocycles. The van der Waals surface area contributed by atoms with E-state index in [9.17, 15) is 9.59 Å². The third-order valence-electron chi connectivity index (χ3n) is 3.33. The van der Waals surface area contributed by atoms with Crippen LogP contribution in [0, 0.1) is 5.92 Å². The van der Waals surface area contributed by atoms with Crippen molar-refractivity contribution < 1.29 is 14.7 Å². The molecule has 2 aromatic rings. The minimum Gasteiger partial charge on any atom is -0.478 e. The second-order valence-corrected chi connectivity index (χ2v) is 4.89. The maximum atomic E-state index is 11.5. The Balaban J connectivity index is 1.68. The standard InChI is InChI=1S/C13H14N4O3/c18-12(8-1-2-8)14-5-6-17-11-4-3-9(13(19)20)7-10(11)15-16-17/h3-4,7-8H,1-2,5-6H2,(H,14,18)(H,19,20). The van der Waals surface area contributed by atoms with Gasteiger partial charge in [-0.2, -0.15) is 0 Å². The van der Waals surface area contributed by atoms with Crippen LogP contribution >= 0.6 is 0 Å². The molecule has 1 fully saturated rings. The molecule has 7 nitrogen and oxygen atoms in total. The number of rotatable bonds is 5. The number of aromatic nitrogens is 3. The second-order valence-electron chi connectivity index (χ2n) is 4.89. The zero-order valence-electron chi connectivity index (χ0n) is 10.7. The van der Waals surface area contributed by atoms with Gasteiger partial charge in [-0.1, -0.05) is 5.21 Å². The SMILES string of the molecule is O=C(O)c1ccc2c(c1)nnn2CCNC(=O)C1CC1. The molecule has 1 aromatic heterocycles. The third kappa shape index (κ3) is 2.47. The first kappa shape index (κ1) is 12.6. The molecule has 2 N–H and O–H groups in total. The number of fused-ring (bicyclic) bond motifs is 1. The number of carbonyl (C=O) groups is 2. The largest absolute Gasteiger partial charge is 0.478 e. The second kappa shape index (κ2) is 4.92. The van der Waals surface area contributed by atoms with Crippen molar-refractivity contribution in [3.05, 3.63) is 23.8 Å². The van der Waals surface area contributed by atoms with E-state index < -0.39 is 5.97 Å². The molecule has 0 saturated heterocycles. The van der Waals surface area contributed by atoms with Gasteiger partial charge in [0.25, 0.3) is 0 Å². The first-order valence-corrected chi connectivity index (χ1v) is 6.49. The summed E-state index contributed by atoms with van der Waals surface area (Å²) in [7, 11) is 0. The summed E-state index contributed by atoms with van der Waals surface area (Å²) in [6, 6.07) is 4.69. The number of aromatic carboxylic acids is 1. The summed E-state index contributed by atoms with van der Waals surface area (Å²) < 4.78 is 1.66. The molecule has 1 aliphatic carbocycles. The predicted octanol–water partition coefficient (Wildman–Crippen LogP) is 0.656. The van der Waals surface area contributed by atoms with E-state index in [1.54, 1.807) is 10.7 Å². The normalized spacial score (nSPS) is 14.4. The lowest BCUT2D eigenvalue weighted by atomic mass is 10.2. The quantitative estimate of drug-likeness (QED) is 0.834. The van der Waals surface area contributed by atoms with Gasteiger partial charge in [-0.15, -0.1) is 5.10 Å². The Bertz CT molecular complexity index is 675. The average Bonchev–Trinajstić information content (AvgIpc) is 3.21. The number of nitrogens with zero attached hydrogens (tertiary/aromatic N) is 3. The summed E-state index contributed by atoms with van der Waals surface area (Å²) in [5, 5.41) is 19.7. The number of amides is 1. The van der Waals surface area contributed by atoms with Crippen molar-refractivity contribution >= 4 is 22.9 Å². The van der Waals surface area contributed by atoms with Crippen molar-refractivity contribution in [3.63, 3.8) is 0 Å². The smallest absolute Gasteiger partial charge is 0.335 e. The summed E-state index contributed by atoms with van der Waals surface area (Å²) in [5.41, 5.74) is 1.49. The molecular formula is C13H14N4O3. The number of hydrogen-bond acceptors (Lipinski definition) is 4. The van der Waals surface area contributed by atoms with Gasteiger partial charge < -0.3 is 10.4 Å². The lowest BCUT2D eigenvalue weighted by Gasteiger charge is -2.04. The van der Waals surface area contributed by atoms with E-state index in [-0.39, 0.29) is 17.4 Å². The van der Waals surface area contributed by atoms with Gasteiger partial charge in [-0.25, -0.2) is 9.48 Å². The van der Waals surface area contributed by atoms with Gasteiger partial charge in [-0.3, -0.25) is 4.79 Å². The van der Waals surface area contributed by atoms with Crippen molar-refractivity contribution in [2.75, 3.05) is 6.54 Å². The minimum absolute atomic E-state index is 0.0996. The molecule has 1 heterocycles. The highest BCUT2D eigenvalue weighted by Gasteiger charge is 2.29. The van der Waals surface area contributed by atoms with Crippen LogP contribution in [0.3, 0.4) is 0 Å². The molecule has 0 bridgehead atoms. The van der Waals surface area contributed by atoms with Gasteiger partial charge in [0.05, 0.1) is 17.6 Å². The van der Waals surface area contributed by atoms with E-state index in [0.29, 0.717) is 18.6 Å². The lowest BCUT2D eigenvalue weighted by molar-refractivity contribution is -0.122. The minimum atomic E-state index is -0.988. The molecule has 20 heavy (non-hydrogen) atoms. The number of carboxylic acids is 1. The molecule has 3 rings (SSSR count). The first-order valence-electron chi connectivity index (χ1n) is 6.49. The highest BCUT2D eigenvalue weighted by molar-refractivity contribution is 5.92. The highest BCUT2D eigenvalue weighted by Crippen LogP contribution is 2.28. The van der Waals surface area contributed by atoms with Crippen molar-refractivity contribution in [1.29, 1.82) is 0 Å². The molecule has 1 amide bonds. The van der Waals surface area contributed by atoms with Crippen LogP contribution in [0.15, 0.2) is 18.2 Å². The van der Waals surface area contributed by atoms with E-state index in [0.717, 1.165) is 18.4 Å². The number of hydrogen-bond donors (Lipinski definition) is 2. The first-order chi connectivity index (χ1) is 9.65. The van der Waals surface area contributed by atoms with E-state index in [2.05, 4.69) is 15.6 Å². The predicted molar refractivity (Wildman–Crippen MR) is 70.2 cm³/mol. The molecule has 0 atom stereocenters. The van der Waals surface area contributed by atoms with Crippen molar-refractivity contribution in [3.8, 4) is 0 Å². The molecular weight excluding hydrogens is 260 g/mol. The third-order valence-corrected chi connectivity index (χ3v) is 3.33. The Morgan fingerprint density at radius 3 is 2.90 bits per heavy atom. The van der Waals surface area contributed by atoms with Crippen molar-refractivity contribution in [2.45, 2.75) is 19.4 Å². The number of nitrogens with one attached hydrogen (secondary N) is 1. The van der Waals surface area contributed by atoms with Gasteiger partial charge >= 0.3 is 5.97 Å². The van der Waals surface area contributed by atoms with E-state index in [1.807, 2.05) is 0 Å². The van der Waals surface area contributed by atoms with Gasteiger partial charge in [0, 0.05) is 12.5 Å². The molecule has 0 spiro atoms. The lowest BCUT2D eigenvalue weighted by Crippen LogP contribution is -2.28. The zero-order valence-corrected chi connectivity index (χ0v) is 10.7. The summed E-state index contributed by atoms with van der Waals surface area (Å²) >= 11 is 0. The number of carbonyl (C=O) groups excluding carboxylic acids is 1. The fourth-order valence-corrected chi connectivity index (χ4v) is 2.05. The number of carboxylic acid groups (broad SMARTS) is 1. The molecule has 1 aromatic carbocycles. The Morgan fingerprint density at radius 1 is 1.40 bits per heavy atom. The van der Waals surface area contributed by atoms with Gasteiger partial charge in [0.1, 0.15) is 5.52 Å². The molecule has 7 heteroatoms. The van der Waals surface area contributed by atoms with Gasteiger partial charge in [0.2, 0.25) is 5.91 Å². The Morgan fingerprint density at radius 2 is 2.20 bits per heavy atom. The summed E-state index contributed by atoms with van der Waals surface area (Å²) in [4.78, 5) is 22.4. The van der Waals surface area contributed by atoms with Crippen LogP contribution in [-0.2, 0) is 11.3 Å². The van der Waals surface area contributed by atoms with E-state index >= 15 is 0 Å². The molecule has 0 radical (unpaired) electrons. The van der Waals surface area contributed by atoms with Crippen LogP contribution in [0.1, 0.15) is 23.2 Å². The Hall–Kier alpha value is -2.44. The monoisotopic (exact) mass is 274 g/mol. The maximum Gasteiger partial charge on any atom is 0.335 e. The van der Waals surface area contributed by atoms with Crippen LogP contribution in [-0.4, -0.2) is 38.5 Å². The van der Waals surface area contributed by atoms with Crippen LogP contribution in [0.2, 0.25) is 0 Å². The fourth-order valence-electron chi connectivity index (χ4n) is 2.05. The Kier molecular flexibility index (Phi) is 3.09. The van der Waals surface area contributed by atoms with E-state index in [4.69, 9.17) is 5.11 Å². The van der Waals surface area contributed by atoms with Gasteiger partial charge in [-0.05, 0) is 31.0 Å². The van der Waals surface area contributed by atoms with E-state index in [1.165, 1.54) is 12.1 Å². The van der Waals surface area contributed by atoms with Crippen LogP contribution in [0.4, 0.5) is 0 Å². The van der Waals surface area contributed by atoms with Crippen molar-refractivity contribution in [1.82, 2.24) is 20.3 Å². The summed E-state index contributed by atoms with van der Waals surface area (Å²) in [6.45, 7) is 1.01. The summed E-state index contributed by atoms with van der Waals surface area (Å²) in [5.74, 6) is -0.693. The molecule has 0 unspecified atom stereocenters. The molecule has 1 aliphatic rings. The molecule has 0 aliphatic heterocycles. The van der Waals surface area contributed by atoms with Crippen molar-refractivity contribution in [2.24, 2.45) is 5.92 Å². The van der Waals surface area contributed by atoms with Crippen LogP contribution in [0.5, 0.6) is 0 Å². The number of benzene rings is 1. The topological polar surface area (TPSA) is 97.1 Å². The molecule has 104 valence electrons. The highest BCUT2D eigenvalue weighted by atomic mass is 16.4. The van der Waals surface area contributed by atoms with Crippen LogP contribution < -0.4 is 5.32 Å². The average molecular weight is 274 g/mol. The zero-order chi connectivity index (χ0) is 14.1. The maximum absolute atomic E-state index is 11.5. The fraction of sp³-hybridized carbons (Fsp3) is 0.385. The van der Waals surface area contributed by atoms with Gasteiger partial charge in [0.15, 0.2) is 0 Å². The Labute approximate surface area is 114 Å².